The second-order valence-corrected chi connectivity index (χ2v) is 8.55. The Bertz CT molecular complexity index is 1100. The molecular formula is C22H22N2O3S. The van der Waals surface area contributed by atoms with Crippen LogP contribution in [-0.4, -0.2) is 13.4 Å². The van der Waals surface area contributed by atoms with Crippen molar-refractivity contribution in [1.29, 1.82) is 0 Å². The van der Waals surface area contributed by atoms with Gasteiger partial charge in [0.15, 0.2) is 11.7 Å². The topological polar surface area (TPSA) is 86.2 Å². The Morgan fingerprint density at radius 3 is 2.39 bits per heavy atom. The van der Waals surface area contributed by atoms with Crippen LogP contribution < -0.4 is 5.14 Å². The summed E-state index contributed by atoms with van der Waals surface area (Å²) in [6.07, 6.45) is 7.14. The zero-order chi connectivity index (χ0) is 19.6. The normalized spacial score (nSPS) is 14.7. The van der Waals surface area contributed by atoms with Gasteiger partial charge in [-0.15, -0.1) is 0 Å². The minimum atomic E-state index is -3.72. The number of sulfonamides is 1. The van der Waals surface area contributed by atoms with Crippen LogP contribution in [0.25, 0.3) is 16.8 Å². The molecule has 1 heterocycles. The number of nitrogens with two attached hydrogens (primary N) is 1. The Kier molecular flexibility index (Phi) is 5.15. The average Bonchev–Trinajstić information content (AvgIpc) is 3.13. The van der Waals surface area contributed by atoms with Gasteiger partial charge >= 0.3 is 0 Å². The molecule has 0 bridgehead atoms. The fourth-order valence-electron chi connectivity index (χ4n) is 3.47. The molecule has 0 atom stereocenters. The van der Waals surface area contributed by atoms with Crippen molar-refractivity contribution in [1.82, 2.24) is 4.98 Å². The molecule has 0 fully saturated rings. The molecule has 144 valence electrons. The van der Waals surface area contributed by atoms with Crippen molar-refractivity contribution in [2.24, 2.45) is 5.14 Å². The molecule has 0 radical (unpaired) electrons. The molecule has 0 saturated heterocycles. The highest BCUT2D eigenvalue weighted by Gasteiger charge is 2.20. The maximum Gasteiger partial charge on any atom is 0.238 e. The van der Waals surface area contributed by atoms with E-state index in [4.69, 9.17) is 14.5 Å². The molecule has 2 N–H and O–H groups in total. The predicted octanol–water partition coefficient (Wildman–Crippen LogP) is 4.54. The molecular weight excluding hydrogens is 372 g/mol. The van der Waals surface area contributed by atoms with Crippen LogP contribution in [0, 0.1) is 0 Å². The van der Waals surface area contributed by atoms with Crippen LogP contribution in [0.15, 0.2) is 70.0 Å². The lowest BCUT2D eigenvalue weighted by molar-refractivity contribution is 0.492. The highest BCUT2D eigenvalue weighted by molar-refractivity contribution is 7.89. The van der Waals surface area contributed by atoms with E-state index in [-0.39, 0.29) is 4.90 Å². The zero-order valence-corrected chi connectivity index (χ0v) is 16.3. The summed E-state index contributed by atoms with van der Waals surface area (Å²) in [5.74, 6) is 1.44. The average molecular weight is 394 g/mol. The number of benzene rings is 2. The van der Waals surface area contributed by atoms with Crippen molar-refractivity contribution in [3.63, 3.8) is 0 Å². The summed E-state index contributed by atoms with van der Waals surface area (Å²) in [5.41, 5.74) is 3.87. The lowest BCUT2D eigenvalue weighted by Gasteiger charge is -2.11. The number of allylic oxidation sites excluding steroid dienone is 2. The Balaban J connectivity index is 1.75. The fourth-order valence-corrected chi connectivity index (χ4v) is 3.99. The Labute approximate surface area is 165 Å². The third-order valence-electron chi connectivity index (χ3n) is 4.91. The Morgan fingerprint density at radius 2 is 1.75 bits per heavy atom. The lowest BCUT2D eigenvalue weighted by Crippen LogP contribution is -2.11. The zero-order valence-electron chi connectivity index (χ0n) is 15.5. The molecule has 1 aliphatic carbocycles. The van der Waals surface area contributed by atoms with Crippen LogP contribution in [0.2, 0.25) is 0 Å². The van der Waals surface area contributed by atoms with Gasteiger partial charge in [-0.25, -0.2) is 18.5 Å². The molecule has 0 saturated carbocycles. The first-order chi connectivity index (χ1) is 13.5. The van der Waals surface area contributed by atoms with Crippen molar-refractivity contribution in [2.75, 3.05) is 0 Å². The number of oxazole rings is 1. The number of primary sulfonamides is 1. The molecule has 0 aliphatic heterocycles. The van der Waals surface area contributed by atoms with Gasteiger partial charge in [-0.2, -0.15) is 0 Å². The smallest absolute Gasteiger partial charge is 0.238 e. The van der Waals surface area contributed by atoms with Crippen molar-refractivity contribution in [3.8, 4) is 11.3 Å². The SMILES string of the molecule is NS(=O)(=O)c1ccc(-c2nc(Cc3ccccc3)oc2C2=CCCCC2)cc1. The molecule has 4 rings (SSSR count). The molecule has 0 amide bonds. The van der Waals surface area contributed by atoms with E-state index in [9.17, 15) is 8.42 Å². The molecule has 1 aromatic heterocycles. The van der Waals surface area contributed by atoms with E-state index in [0.717, 1.165) is 41.8 Å². The maximum absolute atomic E-state index is 11.5. The molecule has 0 spiro atoms. The van der Waals surface area contributed by atoms with Crippen molar-refractivity contribution < 1.29 is 12.8 Å². The molecule has 1 aliphatic rings. The number of aromatic nitrogens is 1. The fraction of sp³-hybridized carbons (Fsp3) is 0.227. The third-order valence-corrected chi connectivity index (χ3v) is 5.84. The Hall–Kier alpha value is -2.70. The van der Waals surface area contributed by atoms with Crippen LogP contribution in [0.3, 0.4) is 0 Å². The molecule has 6 heteroatoms. The summed E-state index contributed by atoms with van der Waals surface area (Å²) < 4.78 is 29.3. The van der Waals surface area contributed by atoms with Gasteiger partial charge in [0.25, 0.3) is 0 Å². The first-order valence-electron chi connectivity index (χ1n) is 9.37. The second kappa shape index (κ2) is 7.73. The van der Waals surface area contributed by atoms with Gasteiger partial charge in [0.05, 0.1) is 4.90 Å². The van der Waals surface area contributed by atoms with Gasteiger partial charge < -0.3 is 4.42 Å². The van der Waals surface area contributed by atoms with E-state index in [1.807, 2.05) is 30.3 Å². The summed E-state index contributed by atoms with van der Waals surface area (Å²) in [6, 6.07) is 16.5. The highest BCUT2D eigenvalue weighted by atomic mass is 32.2. The first-order valence-corrected chi connectivity index (χ1v) is 10.9. The quantitative estimate of drug-likeness (QED) is 0.688. The van der Waals surface area contributed by atoms with Crippen molar-refractivity contribution in [2.45, 2.75) is 37.0 Å². The Morgan fingerprint density at radius 1 is 1.00 bits per heavy atom. The number of nitrogens with zero attached hydrogens (tertiary/aromatic N) is 1. The van der Waals surface area contributed by atoms with Crippen LogP contribution in [-0.2, 0) is 16.4 Å². The largest absolute Gasteiger partial charge is 0.440 e. The first kappa shape index (κ1) is 18.7. The van der Waals surface area contributed by atoms with Gasteiger partial charge in [0, 0.05) is 12.0 Å². The minimum absolute atomic E-state index is 0.0858. The van der Waals surface area contributed by atoms with Crippen LogP contribution >= 0.6 is 0 Å². The van der Waals surface area contributed by atoms with Crippen LogP contribution in [0.4, 0.5) is 0 Å². The molecule has 28 heavy (non-hydrogen) atoms. The summed E-state index contributed by atoms with van der Waals surface area (Å²) >= 11 is 0. The van der Waals surface area contributed by atoms with Crippen molar-refractivity contribution in [3.05, 3.63) is 77.9 Å². The van der Waals surface area contributed by atoms with Gasteiger partial charge in [-0.3, -0.25) is 0 Å². The van der Waals surface area contributed by atoms with E-state index >= 15 is 0 Å². The molecule has 2 aromatic carbocycles. The summed E-state index contributed by atoms with van der Waals surface area (Å²) in [5, 5.41) is 5.21. The number of hydrogen-bond acceptors (Lipinski definition) is 4. The van der Waals surface area contributed by atoms with Gasteiger partial charge in [0.1, 0.15) is 5.69 Å². The summed E-state index contributed by atoms with van der Waals surface area (Å²) in [4.78, 5) is 4.84. The molecule has 5 nitrogen and oxygen atoms in total. The molecule has 3 aromatic rings. The minimum Gasteiger partial charge on any atom is -0.440 e. The van der Waals surface area contributed by atoms with Gasteiger partial charge in [-0.05, 0) is 49.0 Å². The highest BCUT2D eigenvalue weighted by Crippen LogP contribution is 2.35. The predicted molar refractivity (Wildman–Crippen MR) is 109 cm³/mol. The van der Waals surface area contributed by atoms with E-state index in [1.165, 1.54) is 24.1 Å². The van der Waals surface area contributed by atoms with E-state index in [1.54, 1.807) is 12.1 Å². The van der Waals surface area contributed by atoms with Gasteiger partial charge in [0.2, 0.25) is 10.0 Å². The number of hydrogen-bond donors (Lipinski definition) is 1. The maximum atomic E-state index is 11.5. The van der Waals surface area contributed by atoms with E-state index < -0.39 is 10.0 Å². The summed E-state index contributed by atoms with van der Waals surface area (Å²) in [6.45, 7) is 0. The molecule has 0 unspecified atom stereocenters. The van der Waals surface area contributed by atoms with Crippen molar-refractivity contribution >= 4 is 15.6 Å². The second-order valence-electron chi connectivity index (χ2n) is 6.99. The van der Waals surface area contributed by atoms with Crippen LogP contribution in [0.5, 0.6) is 0 Å². The van der Waals surface area contributed by atoms with Gasteiger partial charge in [-0.1, -0.05) is 48.5 Å². The monoisotopic (exact) mass is 394 g/mol. The third kappa shape index (κ3) is 4.08. The standard InChI is InChI=1S/C22H22N2O3S/c23-28(25,26)19-13-11-17(12-14-19)21-22(18-9-5-2-6-10-18)27-20(24-21)15-16-7-3-1-4-8-16/h1,3-4,7-9,11-14H,2,5-6,10,15H2,(H2,23,25,26). The van der Waals surface area contributed by atoms with Crippen LogP contribution in [0.1, 0.15) is 42.9 Å². The summed E-state index contributed by atoms with van der Waals surface area (Å²) in [7, 11) is -3.72. The number of rotatable bonds is 5. The van der Waals surface area contributed by atoms with E-state index in [2.05, 4.69) is 6.08 Å². The lowest BCUT2D eigenvalue weighted by atomic mass is 9.95. The van der Waals surface area contributed by atoms with E-state index in [0.29, 0.717) is 12.3 Å².